The molecule has 3 aromatic rings. The van der Waals surface area contributed by atoms with Gasteiger partial charge in [0.1, 0.15) is 6.61 Å². The van der Waals surface area contributed by atoms with Crippen LogP contribution < -0.4 is 0 Å². The molecule has 0 bridgehead atoms. The smallest absolute Gasteiger partial charge is 0.339 e. The molecule has 3 rings (SSSR count). The first kappa shape index (κ1) is 14.8. The summed E-state index contributed by atoms with van der Waals surface area (Å²) in [6.07, 6.45) is 1.79. The Hall–Kier alpha value is -2.17. The molecule has 110 valence electrons. The Morgan fingerprint density at radius 3 is 2.64 bits per heavy atom. The van der Waals surface area contributed by atoms with Crippen LogP contribution in [0.4, 0.5) is 0 Å². The molecule has 0 aliphatic rings. The van der Waals surface area contributed by atoms with Gasteiger partial charge >= 0.3 is 5.97 Å². The Morgan fingerprint density at radius 1 is 1.14 bits per heavy atom. The fourth-order valence-corrected chi connectivity index (χ4v) is 3.67. The van der Waals surface area contributed by atoms with Gasteiger partial charge in [0.25, 0.3) is 0 Å². The van der Waals surface area contributed by atoms with E-state index in [1.165, 1.54) is 0 Å². The van der Waals surface area contributed by atoms with Gasteiger partial charge < -0.3 is 4.74 Å². The Balaban J connectivity index is 1.70. The first-order chi connectivity index (χ1) is 10.8. The van der Waals surface area contributed by atoms with E-state index in [2.05, 4.69) is 6.58 Å². The van der Waals surface area contributed by atoms with Crippen LogP contribution in [-0.2, 0) is 11.3 Å². The molecule has 2 aromatic heterocycles. The first-order valence-corrected chi connectivity index (χ1v) is 8.59. The second-order valence-electron chi connectivity index (χ2n) is 4.70. The van der Waals surface area contributed by atoms with Crippen molar-refractivity contribution in [1.82, 2.24) is 0 Å². The minimum absolute atomic E-state index is 0.273. The summed E-state index contributed by atoms with van der Waals surface area (Å²) in [7, 11) is 0. The van der Waals surface area contributed by atoms with Crippen molar-refractivity contribution in [2.75, 3.05) is 0 Å². The third-order valence-corrected chi connectivity index (χ3v) is 4.90. The van der Waals surface area contributed by atoms with Crippen LogP contribution in [0.2, 0.25) is 0 Å². The first-order valence-electron chi connectivity index (χ1n) is 6.76. The van der Waals surface area contributed by atoms with Crippen molar-refractivity contribution in [1.29, 1.82) is 0 Å². The number of carbonyl (C=O) groups excluding carboxylic acids is 1. The van der Waals surface area contributed by atoms with E-state index in [1.54, 1.807) is 28.7 Å². The van der Waals surface area contributed by atoms with Crippen LogP contribution >= 0.6 is 22.7 Å². The number of hydrogen-bond donors (Lipinski definition) is 0. The molecule has 0 atom stereocenters. The number of thiophene rings is 2. The number of benzene rings is 1. The van der Waals surface area contributed by atoms with Crippen molar-refractivity contribution < 1.29 is 9.53 Å². The van der Waals surface area contributed by atoms with Crippen molar-refractivity contribution in [2.24, 2.45) is 0 Å². The van der Waals surface area contributed by atoms with E-state index in [4.69, 9.17) is 4.74 Å². The average Bonchev–Trinajstić information content (AvgIpc) is 3.23. The van der Waals surface area contributed by atoms with Crippen molar-refractivity contribution in [3.63, 3.8) is 0 Å². The normalized spacial score (nSPS) is 10.4. The maximum absolute atomic E-state index is 12.3. The van der Waals surface area contributed by atoms with Gasteiger partial charge in [-0.2, -0.15) is 11.3 Å². The molecule has 2 heterocycles. The van der Waals surface area contributed by atoms with Gasteiger partial charge in [0.2, 0.25) is 0 Å². The maximum atomic E-state index is 12.3. The minimum Gasteiger partial charge on any atom is -0.457 e. The Kier molecular flexibility index (Phi) is 4.51. The van der Waals surface area contributed by atoms with E-state index in [0.717, 1.165) is 21.6 Å². The molecule has 0 fully saturated rings. The van der Waals surface area contributed by atoms with Crippen molar-refractivity contribution in [2.45, 2.75) is 6.61 Å². The average molecular weight is 326 g/mol. The fourth-order valence-electron chi connectivity index (χ4n) is 2.06. The highest BCUT2D eigenvalue weighted by Gasteiger charge is 2.16. The van der Waals surface area contributed by atoms with E-state index in [-0.39, 0.29) is 12.6 Å². The number of ether oxygens (including phenoxy) is 1. The fraction of sp³-hybridized carbons (Fsp3) is 0.0556. The number of rotatable bonds is 5. The summed E-state index contributed by atoms with van der Waals surface area (Å²) in [5, 5.41) is 5.96. The van der Waals surface area contributed by atoms with Crippen LogP contribution in [0.15, 0.2) is 59.1 Å². The molecule has 0 unspecified atom stereocenters. The number of esters is 1. The van der Waals surface area contributed by atoms with Crippen LogP contribution in [0, 0.1) is 0 Å². The Bertz CT molecular complexity index is 768. The van der Waals surface area contributed by atoms with Gasteiger partial charge in [-0.1, -0.05) is 36.9 Å². The lowest BCUT2D eigenvalue weighted by molar-refractivity contribution is 0.0474. The lowest BCUT2D eigenvalue weighted by Gasteiger charge is -2.06. The van der Waals surface area contributed by atoms with Crippen molar-refractivity contribution in [3.8, 4) is 10.4 Å². The zero-order valence-electron chi connectivity index (χ0n) is 11.8. The van der Waals surface area contributed by atoms with Crippen molar-refractivity contribution in [3.05, 3.63) is 75.8 Å². The van der Waals surface area contributed by atoms with Gasteiger partial charge in [-0.25, -0.2) is 4.79 Å². The zero-order chi connectivity index (χ0) is 15.4. The lowest BCUT2D eigenvalue weighted by Crippen LogP contribution is -2.05. The highest BCUT2D eigenvalue weighted by molar-refractivity contribution is 7.14. The quantitative estimate of drug-likeness (QED) is 0.581. The summed E-state index contributed by atoms with van der Waals surface area (Å²) >= 11 is 3.18. The van der Waals surface area contributed by atoms with Gasteiger partial charge in [0, 0.05) is 10.4 Å². The summed E-state index contributed by atoms with van der Waals surface area (Å²) in [6.45, 7) is 3.99. The van der Waals surface area contributed by atoms with E-state index < -0.39 is 0 Å². The molecule has 0 aliphatic heterocycles. The third kappa shape index (κ3) is 3.18. The SMILES string of the molecule is C=Cc1ccc(COC(=O)c2ccsc2-c2ccsc2)cc1. The van der Waals surface area contributed by atoms with Gasteiger partial charge in [0.15, 0.2) is 0 Å². The summed E-state index contributed by atoms with van der Waals surface area (Å²) < 4.78 is 5.43. The number of hydrogen-bond acceptors (Lipinski definition) is 4. The monoisotopic (exact) mass is 326 g/mol. The van der Waals surface area contributed by atoms with E-state index in [0.29, 0.717) is 5.56 Å². The predicted molar refractivity (Wildman–Crippen MR) is 93.3 cm³/mol. The van der Waals surface area contributed by atoms with Crippen LogP contribution in [0.1, 0.15) is 21.5 Å². The van der Waals surface area contributed by atoms with E-state index in [9.17, 15) is 4.79 Å². The molecule has 0 amide bonds. The largest absolute Gasteiger partial charge is 0.457 e. The lowest BCUT2D eigenvalue weighted by atomic mass is 10.1. The molecular weight excluding hydrogens is 312 g/mol. The molecule has 0 aliphatic carbocycles. The van der Waals surface area contributed by atoms with E-state index >= 15 is 0 Å². The van der Waals surface area contributed by atoms with E-state index in [1.807, 2.05) is 52.5 Å². The molecule has 2 nitrogen and oxygen atoms in total. The zero-order valence-corrected chi connectivity index (χ0v) is 13.5. The Morgan fingerprint density at radius 2 is 1.95 bits per heavy atom. The summed E-state index contributed by atoms with van der Waals surface area (Å²) in [5.74, 6) is -0.282. The van der Waals surface area contributed by atoms with Crippen LogP contribution in [-0.4, -0.2) is 5.97 Å². The molecule has 0 N–H and O–H groups in total. The minimum atomic E-state index is -0.282. The second kappa shape index (κ2) is 6.73. The summed E-state index contributed by atoms with van der Waals surface area (Å²) in [4.78, 5) is 13.3. The molecule has 1 aromatic carbocycles. The second-order valence-corrected chi connectivity index (χ2v) is 6.39. The molecule has 0 spiro atoms. The summed E-state index contributed by atoms with van der Waals surface area (Å²) in [6, 6.07) is 11.6. The summed E-state index contributed by atoms with van der Waals surface area (Å²) in [5.41, 5.74) is 3.72. The standard InChI is InChI=1S/C18H14O2S2/c1-2-13-3-5-14(6-4-13)11-20-18(19)16-8-10-22-17(16)15-7-9-21-12-15/h2-10,12H,1,11H2. The molecule has 4 heteroatoms. The maximum Gasteiger partial charge on any atom is 0.339 e. The van der Waals surface area contributed by atoms with Gasteiger partial charge in [-0.05, 0) is 39.4 Å². The number of carbonyl (C=O) groups is 1. The predicted octanol–water partition coefficient (Wildman–Crippen LogP) is 5.48. The Labute approximate surface area is 137 Å². The molecule has 0 saturated heterocycles. The van der Waals surface area contributed by atoms with Gasteiger partial charge in [-0.15, -0.1) is 11.3 Å². The van der Waals surface area contributed by atoms with Crippen LogP contribution in [0.25, 0.3) is 16.5 Å². The van der Waals surface area contributed by atoms with Gasteiger partial charge in [0.05, 0.1) is 5.56 Å². The highest BCUT2D eigenvalue weighted by atomic mass is 32.1. The van der Waals surface area contributed by atoms with Crippen LogP contribution in [0.5, 0.6) is 0 Å². The molecule has 22 heavy (non-hydrogen) atoms. The molecule has 0 radical (unpaired) electrons. The molecular formula is C18H14O2S2. The third-order valence-electron chi connectivity index (χ3n) is 3.25. The molecule has 0 saturated carbocycles. The highest BCUT2D eigenvalue weighted by Crippen LogP contribution is 2.31. The van der Waals surface area contributed by atoms with Crippen molar-refractivity contribution >= 4 is 34.7 Å². The topological polar surface area (TPSA) is 26.3 Å². The van der Waals surface area contributed by atoms with Gasteiger partial charge in [-0.3, -0.25) is 0 Å². The van der Waals surface area contributed by atoms with Crippen LogP contribution in [0.3, 0.4) is 0 Å².